The van der Waals surface area contributed by atoms with E-state index in [9.17, 15) is 24.9 Å². The summed E-state index contributed by atoms with van der Waals surface area (Å²) < 4.78 is 6.29. The van der Waals surface area contributed by atoms with Gasteiger partial charge < -0.3 is 20.1 Å². The maximum absolute atomic E-state index is 14.0. The van der Waals surface area contributed by atoms with Gasteiger partial charge >= 0.3 is 11.9 Å². The summed E-state index contributed by atoms with van der Waals surface area (Å²) in [6.07, 6.45) is 2.96. The van der Waals surface area contributed by atoms with Gasteiger partial charge in [-0.15, -0.1) is 0 Å². The molecule has 0 radical (unpaired) electrons. The second kappa shape index (κ2) is 13.0. The number of carbonyl (C=O) groups excluding carboxylic acids is 1. The van der Waals surface area contributed by atoms with Crippen molar-refractivity contribution in [2.75, 3.05) is 13.2 Å². The fourth-order valence-electron chi connectivity index (χ4n) is 7.29. The Bertz CT molecular complexity index is 896. The smallest absolute Gasteiger partial charge is 0.309 e. The van der Waals surface area contributed by atoms with Crippen LogP contribution in [0.1, 0.15) is 128 Å². The Kier molecular flexibility index (Phi) is 11.4. The van der Waals surface area contributed by atoms with Crippen LogP contribution >= 0.6 is 0 Å². The molecule has 0 aliphatic carbocycles. The number of carbonyl (C=O) groups is 2. The fourth-order valence-corrected chi connectivity index (χ4v) is 7.29. The third-order valence-electron chi connectivity index (χ3n) is 8.33. The summed E-state index contributed by atoms with van der Waals surface area (Å²) in [5, 5.41) is 33.7. The Morgan fingerprint density at radius 1 is 0.762 bits per heavy atom. The summed E-state index contributed by atoms with van der Waals surface area (Å²) in [5.41, 5.74) is -3.74. The molecule has 0 aromatic rings. The van der Waals surface area contributed by atoms with Gasteiger partial charge in [0.2, 0.25) is 0 Å². The SMILES string of the molecule is CC(C)(O)CON1C(C)(C)CC(OC(=O)C(CCCC(=O)O)C2CC(C)(C)N(OCC(C)(C)O)C(C)(C)C2)CC1(C)C. The molecule has 1 unspecified atom stereocenters. The first-order valence-corrected chi connectivity index (χ1v) is 15.5. The summed E-state index contributed by atoms with van der Waals surface area (Å²) in [4.78, 5) is 37.6. The molecule has 2 saturated heterocycles. The molecule has 1 atom stereocenters. The zero-order valence-corrected chi connectivity index (χ0v) is 28.4. The lowest BCUT2D eigenvalue weighted by molar-refractivity contribution is -0.308. The van der Waals surface area contributed by atoms with Gasteiger partial charge in [-0.1, -0.05) is 0 Å². The number of rotatable bonds is 13. The minimum absolute atomic E-state index is 0.00109. The molecule has 42 heavy (non-hydrogen) atoms. The standard InChI is InChI=1S/C32H60N2O8/c1-27(2)16-22(17-28(3,4)33(27)40-20-31(9,10)38)24(14-13-15-25(35)36)26(37)42-23-18-29(5,6)34(30(7,8)19-23)41-21-32(11,12)39/h22-24,38-39H,13-21H2,1-12H3,(H,35,36). The van der Waals surface area contributed by atoms with Gasteiger partial charge in [0.1, 0.15) is 6.10 Å². The predicted octanol–water partition coefficient (Wildman–Crippen LogP) is 5.10. The Morgan fingerprint density at radius 3 is 1.50 bits per heavy atom. The second-order valence-corrected chi connectivity index (χ2v) is 16.5. The lowest BCUT2D eigenvalue weighted by atomic mass is 9.69. The lowest BCUT2D eigenvalue weighted by Crippen LogP contribution is -2.63. The average molecular weight is 601 g/mol. The number of piperidine rings is 2. The van der Waals surface area contributed by atoms with Crippen LogP contribution < -0.4 is 0 Å². The van der Waals surface area contributed by atoms with E-state index in [0.29, 0.717) is 38.5 Å². The van der Waals surface area contributed by atoms with E-state index >= 15 is 0 Å². The van der Waals surface area contributed by atoms with Crippen LogP contribution in [0.5, 0.6) is 0 Å². The monoisotopic (exact) mass is 600 g/mol. The van der Waals surface area contributed by atoms with E-state index in [0.717, 1.165) is 0 Å². The van der Waals surface area contributed by atoms with Crippen LogP contribution in [0, 0.1) is 11.8 Å². The van der Waals surface area contributed by atoms with Crippen LogP contribution in [0.2, 0.25) is 0 Å². The van der Waals surface area contributed by atoms with Crippen molar-refractivity contribution in [3.63, 3.8) is 0 Å². The van der Waals surface area contributed by atoms with E-state index in [4.69, 9.17) is 14.4 Å². The van der Waals surface area contributed by atoms with E-state index in [-0.39, 0.29) is 37.6 Å². The van der Waals surface area contributed by atoms with Gasteiger partial charge in [-0.25, -0.2) is 0 Å². The molecule has 0 saturated carbocycles. The largest absolute Gasteiger partial charge is 0.481 e. The van der Waals surface area contributed by atoms with Gasteiger partial charge in [0.15, 0.2) is 0 Å². The molecule has 246 valence electrons. The van der Waals surface area contributed by atoms with Crippen molar-refractivity contribution in [2.24, 2.45) is 11.8 Å². The van der Waals surface area contributed by atoms with E-state index in [1.165, 1.54) is 0 Å². The maximum Gasteiger partial charge on any atom is 0.309 e. The van der Waals surface area contributed by atoms with Gasteiger partial charge in [0, 0.05) is 41.4 Å². The molecule has 2 aliphatic rings. The van der Waals surface area contributed by atoms with Gasteiger partial charge in [-0.3, -0.25) is 19.3 Å². The predicted molar refractivity (Wildman–Crippen MR) is 161 cm³/mol. The van der Waals surface area contributed by atoms with E-state index in [1.54, 1.807) is 27.7 Å². The van der Waals surface area contributed by atoms with Crippen molar-refractivity contribution in [1.29, 1.82) is 0 Å². The number of aliphatic carboxylic acids is 1. The number of hydrogen-bond donors (Lipinski definition) is 3. The summed E-state index contributed by atoms with van der Waals surface area (Å²) in [6.45, 7) is 23.7. The van der Waals surface area contributed by atoms with Crippen molar-refractivity contribution in [1.82, 2.24) is 10.1 Å². The molecule has 0 bridgehead atoms. The first-order valence-electron chi connectivity index (χ1n) is 15.5. The summed E-state index contributed by atoms with van der Waals surface area (Å²) in [6, 6.07) is 0. The van der Waals surface area contributed by atoms with Crippen LogP contribution in [-0.4, -0.2) is 90.1 Å². The fraction of sp³-hybridized carbons (Fsp3) is 0.938. The molecular formula is C32H60N2O8. The number of nitrogens with zero attached hydrogens (tertiary/aromatic N) is 2. The molecule has 0 spiro atoms. The van der Waals surface area contributed by atoms with Gasteiger partial charge in [0.25, 0.3) is 0 Å². The van der Waals surface area contributed by atoms with Gasteiger partial charge in [-0.05, 0) is 115 Å². The molecule has 2 fully saturated rings. The van der Waals surface area contributed by atoms with Crippen LogP contribution in [0.15, 0.2) is 0 Å². The number of carboxylic acids is 1. The van der Waals surface area contributed by atoms with E-state index in [2.05, 4.69) is 55.4 Å². The Morgan fingerprint density at radius 2 is 1.14 bits per heavy atom. The quantitative estimate of drug-likeness (QED) is 0.246. The Hall–Kier alpha value is -1.30. The number of carboxylic acid groups (broad SMARTS) is 1. The van der Waals surface area contributed by atoms with E-state index < -0.39 is 45.2 Å². The van der Waals surface area contributed by atoms with Crippen molar-refractivity contribution in [3.8, 4) is 0 Å². The Labute approximate surface area is 254 Å². The second-order valence-electron chi connectivity index (χ2n) is 16.5. The zero-order valence-electron chi connectivity index (χ0n) is 28.4. The first kappa shape index (κ1) is 36.9. The van der Waals surface area contributed by atoms with Crippen molar-refractivity contribution >= 4 is 11.9 Å². The third-order valence-corrected chi connectivity index (χ3v) is 8.33. The normalized spacial score (nSPS) is 24.3. The molecule has 0 aromatic carbocycles. The molecule has 10 heteroatoms. The summed E-state index contributed by atoms with van der Waals surface area (Å²) in [7, 11) is 0. The highest BCUT2D eigenvalue weighted by Gasteiger charge is 2.52. The highest BCUT2D eigenvalue weighted by Crippen LogP contribution is 2.46. The lowest BCUT2D eigenvalue weighted by Gasteiger charge is -2.55. The van der Waals surface area contributed by atoms with Crippen LogP contribution in [0.25, 0.3) is 0 Å². The highest BCUT2D eigenvalue weighted by molar-refractivity contribution is 5.73. The minimum atomic E-state index is -0.983. The van der Waals surface area contributed by atoms with E-state index in [1.807, 2.05) is 10.1 Å². The van der Waals surface area contributed by atoms with Crippen LogP contribution in [0.3, 0.4) is 0 Å². The highest BCUT2D eigenvalue weighted by atomic mass is 16.7. The average Bonchev–Trinajstić information content (AvgIpc) is 2.71. The molecule has 2 rings (SSSR count). The molecular weight excluding hydrogens is 540 g/mol. The first-order chi connectivity index (χ1) is 18.8. The third kappa shape index (κ3) is 10.4. The topological polar surface area (TPSA) is 129 Å². The zero-order chi connectivity index (χ0) is 32.5. The van der Waals surface area contributed by atoms with Crippen molar-refractivity contribution in [3.05, 3.63) is 0 Å². The molecule has 3 N–H and O–H groups in total. The number of aliphatic hydroxyl groups is 2. The van der Waals surface area contributed by atoms with Gasteiger partial charge in [-0.2, -0.15) is 10.1 Å². The molecule has 0 amide bonds. The summed E-state index contributed by atoms with van der Waals surface area (Å²) in [5.74, 6) is -1.63. The molecule has 0 aromatic heterocycles. The van der Waals surface area contributed by atoms with Gasteiger partial charge in [0.05, 0.1) is 30.3 Å². The number of hydrogen-bond acceptors (Lipinski definition) is 9. The minimum Gasteiger partial charge on any atom is -0.481 e. The maximum atomic E-state index is 14.0. The van der Waals surface area contributed by atoms with Crippen LogP contribution in [0.4, 0.5) is 0 Å². The van der Waals surface area contributed by atoms with Crippen LogP contribution in [-0.2, 0) is 24.0 Å². The summed E-state index contributed by atoms with van der Waals surface area (Å²) >= 11 is 0. The number of esters is 1. The number of ether oxygens (including phenoxy) is 1. The Balaban J connectivity index is 2.26. The van der Waals surface area contributed by atoms with Crippen molar-refractivity contribution in [2.45, 2.75) is 167 Å². The molecule has 10 nitrogen and oxygen atoms in total. The van der Waals surface area contributed by atoms with Crippen molar-refractivity contribution < 1.29 is 39.3 Å². The molecule has 2 aliphatic heterocycles. The molecule has 2 heterocycles. The number of hydroxylamine groups is 4.